The topological polar surface area (TPSA) is 57.5 Å². The highest BCUT2D eigenvalue weighted by Gasteiger charge is 2.09. The summed E-state index contributed by atoms with van der Waals surface area (Å²) in [5.41, 5.74) is 0. The Morgan fingerprint density at radius 3 is 2.60 bits per heavy atom. The molecule has 0 aliphatic carbocycles. The van der Waals surface area contributed by atoms with Gasteiger partial charge in [0, 0.05) is 6.42 Å². The van der Waals surface area contributed by atoms with E-state index in [-0.39, 0.29) is 6.42 Å². The lowest BCUT2D eigenvalue weighted by atomic mass is 10.2. The molecule has 0 aromatic rings. The fraction of sp³-hybridized carbons (Fsp3) is 0.571. The van der Waals surface area contributed by atoms with Crippen LogP contribution in [0, 0.1) is 0 Å². The number of aliphatic carboxylic acids is 1. The van der Waals surface area contributed by atoms with Crippen molar-refractivity contribution in [3.63, 3.8) is 0 Å². The van der Waals surface area contributed by atoms with Gasteiger partial charge >= 0.3 is 5.97 Å². The molecule has 0 amide bonds. The molecule has 58 valence electrons. The number of carbonyl (C=O) groups is 1. The van der Waals surface area contributed by atoms with Gasteiger partial charge in [0.15, 0.2) is 6.10 Å². The second-order valence-corrected chi connectivity index (χ2v) is 1.97. The first-order valence-corrected chi connectivity index (χ1v) is 3.24. The van der Waals surface area contributed by atoms with Gasteiger partial charge in [0.1, 0.15) is 0 Å². The highest BCUT2D eigenvalue weighted by atomic mass is 16.4. The van der Waals surface area contributed by atoms with Crippen molar-refractivity contribution in [1.29, 1.82) is 0 Å². The number of hydrogen-bond donors (Lipinski definition) is 2. The van der Waals surface area contributed by atoms with Crippen LogP contribution in [0.2, 0.25) is 0 Å². The summed E-state index contributed by atoms with van der Waals surface area (Å²) >= 11 is 0. The molecular formula is C7H12O3. The molecule has 0 fully saturated rings. The van der Waals surface area contributed by atoms with Crippen LogP contribution in [0.5, 0.6) is 0 Å². The molecular weight excluding hydrogens is 132 g/mol. The van der Waals surface area contributed by atoms with Crippen molar-refractivity contribution in [2.45, 2.75) is 25.9 Å². The second kappa shape index (κ2) is 4.99. The summed E-state index contributed by atoms with van der Waals surface area (Å²) in [6.45, 7) is 1.95. The minimum Gasteiger partial charge on any atom is -0.479 e. The van der Waals surface area contributed by atoms with Crippen molar-refractivity contribution in [2.24, 2.45) is 0 Å². The fourth-order valence-electron chi connectivity index (χ4n) is 0.493. The summed E-state index contributed by atoms with van der Waals surface area (Å²) in [7, 11) is 0. The van der Waals surface area contributed by atoms with Crippen molar-refractivity contribution in [3.05, 3.63) is 12.2 Å². The average Bonchev–Trinajstić information content (AvgIpc) is 1.88. The summed E-state index contributed by atoms with van der Waals surface area (Å²) < 4.78 is 0. The first-order chi connectivity index (χ1) is 4.68. The molecule has 2 N–H and O–H groups in total. The van der Waals surface area contributed by atoms with Gasteiger partial charge in [0.25, 0.3) is 0 Å². The number of aliphatic hydroxyl groups excluding tert-OH is 1. The molecule has 1 unspecified atom stereocenters. The lowest BCUT2D eigenvalue weighted by Crippen LogP contribution is -2.17. The molecule has 3 heteroatoms. The van der Waals surface area contributed by atoms with E-state index in [4.69, 9.17) is 10.2 Å². The highest BCUT2D eigenvalue weighted by Crippen LogP contribution is 1.93. The largest absolute Gasteiger partial charge is 0.479 e. The molecule has 0 saturated heterocycles. The van der Waals surface area contributed by atoms with Gasteiger partial charge in [0.2, 0.25) is 0 Å². The predicted molar refractivity (Wildman–Crippen MR) is 37.7 cm³/mol. The lowest BCUT2D eigenvalue weighted by molar-refractivity contribution is -0.146. The van der Waals surface area contributed by atoms with E-state index in [2.05, 4.69) is 0 Å². The quantitative estimate of drug-likeness (QED) is 0.573. The summed E-state index contributed by atoms with van der Waals surface area (Å²) in [6, 6.07) is 0. The van der Waals surface area contributed by atoms with Crippen molar-refractivity contribution in [2.75, 3.05) is 0 Å². The summed E-state index contributed by atoms with van der Waals surface area (Å²) in [6.07, 6.45) is 3.31. The van der Waals surface area contributed by atoms with Gasteiger partial charge in [-0.3, -0.25) is 0 Å². The van der Waals surface area contributed by atoms with E-state index >= 15 is 0 Å². The van der Waals surface area contributed by atoms with E-state index in [0.717, 1.165) is 6.42 Å². The van der Waals surface area contributed by atoms with Gasteiger partial charge < -0.3 is 10.2 Å². The molecule has 0 aliphatic heterocycles. The molecule has 0 aliphatic rings. The van der Waals surface area contributed by atoms with E-state index in [0.29, 0.717) is 0 Å². The standard InChI is InChI=1S/C7H12O3/c1-2-3-4-5-6(8)7(9)10/h3-4,6,8H,2,5H2,1H3,(H,9,10). The third-order valence-electron chi connectivity index (χ3n) is 1.05. The zero-order valence-corrected chi connectivity index (χ0v) is 5.95. The Morgan fingerprint density at radius 1 is 1.60 bits per heavy atom. The molecule has 1 atom stereocenters. The molecule has 10 heavy (non-hydrogen) atoms. The maximum Gasteiger partial charge on any atom is 0.332 e. The van der Waals surface area contributed by atoms with E-state index < -0.39 is 12.1 Å². The zero-order valence-electron chi connectivity index (χ0n) is 5.95. The van der Waals surface area contributed by atoms with Crippen molar-refractivity contribution < 1.29 is 15.0 Å². The van der Waals surface area contributed by atoms with E-state index in [1.165, 1.54) is 0 Å². The Balaban J connectivity index is 3.48. The number of allylic oxidation sites excluding steroid dienone is 1. The van der Waals surface area contributed by atoms with E-state index in [1.54, 1.807) is 6.08 Å². The molecule has 0 radical (unpaired) electrons. The second-order valence-electron chi connectivity index (χ2n) is 1.97. The minimum atomic E-state index is -1.25. The normalized spacial score (nSPS) is 13.8. The Hall–Kier alpha value is -0.830. The third-order valence-corrected chi connectivity index (χ3v) is 1.05. The molecule has 0 aromatic carbocycles. The lowest BCUT2D eigenvalue weighted by Gasteiger charge is -1.98. The van der Waals surface area contributed by atoms with Gasteiger partial charge in [-0.1, -0.05) is 19.1 Å². The SMILES string of the molecule is CCC=CCC(O)C(=O)O. The predicted octanol–water partition coefficient (Wildman–Crippen LogP) is 0.788. The number of aliphatic hydroxyl groups is 1. The number of hydrogen-bond acceptors (Lipinski definition) is 2. The first-order valence-electron chi connectivity index (χ1n) is 3.24. The van der Waals surface area contributed by atoms with Crippen LogP contribution in [0.25, 0.3) is 0 Å². The van der Waals surface area contributed by atoms with Gasteiger partial charge in [-0.2, -0.15) is 0 Å². The van der Waals surface area contributed by atoms with Crippen molar-refractivity contribution in [3.8, 4) is 0 Å². The van der Waals surface area contributed by atoms with Crippen molar-refractivity contribution in [1.82, 2.24) is 0 Å². The summed E-state index contributed by atoms with van der Waals surface area (Å²) in [5.74, 6) is -1.17. The van der Waals surface area contributed by atoms with Gasteiger partial charge in [-0.15, -0.1) is 0 Å². The average molecular weight is 144 g/mol. The van der Waals surface area contributed by atoms with Crippen LogP contribution in [0.4, 0.5) is 0 Å². The molecule has 3 nitrogen and oxygen atoms in total. The first kappa shape index (κ1) is 9.17. The van der Waals surface area contributed by atoms with Crippen LogP contribution in [0.15, 0.2) is 12.2 Å². The third kappa shape index (κ3) is 4.09. The van der Waals surface area contributed by atoms with Crippen LogP contribution < -0.4 is 0 Å². The monoisotopic (exact) mass is 144 g/mol. The van der Waals surface area contributed by atoms with Crippen LogP contribution in [0.1, 0.15) is 19.8 Å². The molecule has 0 spiro atoms. The molecule has 0 aromatic heterocycles. The van der Waals surface area contributed by atoms with E-state index in [1.807, 2.05) is 13.0 Å². The Bertz CT molecular complexity index is 129. The van der Waals surface area contributed by atoms with E-state index in [9.17, 15) is 4.79 Å². The summed E-state index contributed by atoms with van der Waals surface area (Å²) in [5, 5.41) is 16.9. The number of rotatable bonds is 4. The Kier molecular flexibility index (Phi) is 4.58. The highest BCUT2D eigenvalue weighted by molar-refractivity contribution is 5.72. The zero-order chi connectivity index (χ0) is 7.98. The number of carboxylic acids is 1. The Labute approximate surface area is 60.0 Å². The van der Waals surface area contributed by atoms with Gasteiger partial charge in [-0.05, 0) is 6.42 Å². The van der Waals surface area contributed by atoms with Crippen LogP contribution in [-0.4, -0.2) is 22.3 Å². The Morgan fingerprint density at radius 2 is 2.20 bits per heavy atom. The van der Waals surface area contributed by atoms with Crippen LogP contribution in [0.3, 0.4) is 0 Å². The smallest absolute Gasteiger partial charge is 0.332 e. The molecule has 0 saturated carbocycles. The molecule has 0 bridgehead atoms. The molecule has 0 rings (SSSR count). The van der Waals surface area contributed by atoms with Gasteiger partial charge in [0.05, 0.1) is 0 Å². The summed E-state index contributed by atoms with van der Waals surface area (Å²) in [4.78, 5) is 10.0. The minimum absolute atomic E-state index is 0.198. The maximum atomic E-state index is 10.0. The fourth-order valence-corrected chi connectivity index (χ4v) is 0.493. The maximum absolute atomic E-state index is 10.0. The van der Waals surface area contributed by atoms with Gasteiger partial charge in [-0.25, -0.2) is 4.79 Å². The van der Waals surface area contributed by atoms with Crippen molar-refractivity contribution >= 4 is 5.97 Å². The number of carboxylic acid groups (broad SMARTS) is 1. The van der Waals surface area contributed by atoms with Crippen LogP contribution in [-0.2, 0) is 4.79 Å². The molecule has 0 heterocycles. The van der Waals surface area contributed by atoms with Crippen LogP contribution >= 0.6 is 0 Å².